The van der Waals surface area contributed by atoms with Crippen molar-refractivity contribution in [1.82, 2.24) is 4.90 Å². The van der Waals surface area contributed by atoms with Gasteiger partial charge in [-0.05, 0) is 45.2 Å². The Morgan fingerprint density at radius 2 is 2.05 bits per heavy atom. The summed E-state index contributed by atoms with van der Waals surface area (Å²) in [5.74, 6) is 0.232. The summed E-state index contributed by atoms with van der Waals surface area (Å²) in [6, 6.07) is 6.03. The van der Waals surface area contributed by atoms with Crippen LogP contribution in [0, 0.1) is 13.8 Å². The molecule has 1 aliphatic rings. The quantitative estimate of drug-likeness (QED) is 0.837. The molecule has 3 heteroatoms. The number of rotatable bonds is 3. The number of hydrogen-bond acceptors (Lipinski definition) is 2. The van der Waals surface area contributed by atoms with Crippen LogP contribution in [0.25, 0.3) is 0 Å². The third kappa shape index (κ3) is 3.03. The van der Waals surface area contributed by atoms with E-state index < -0.39 is 0 Å². The lowest BCUT2D eigenvalue weighted by molar-refractivity contribution is -0.117. The molecular weight excluding hydrogens is 238 g/mol. The molecule has 1 aromatic carbocycles. The van der Waals surface area contributed by atoms with Crippen LogP contribution in [0.1, 0.15) is 47.7 Å². The molecule has 1 fully saturated rings. The third-order valence-electron chi connectivity index (χ3n) is 3.78. The summed E-state index contributed by atoms with van der Waals surface area (Å²) in [6.07, 6.45) is 2.42. The van der Waals surface area contributed by atoms with Gasteiger partial charge in [0.2, 0.25) is 0 Å². The Hall–Kier alpha value is -1.64. The average molecular weight is 259 g/mol. The minimum Gasteiger partial charge on any atom is -0.335 e. The molecule has 3 nitrogen and oxygen atoms in total. The zero-order valence-corrected chi connectivity index (χ0v) is 11.9. The number of carbonyl (C=O) groups is 2. The van der Waals surface area contributed by atoms with E-state index in [0.29, 0.717) is 6.42 Å². The van der Waals surface area contributed by atoms with Crippen molar-refractivity contribution in [3.8, 4) is 0 Å². The predicted molar refractivity (Wildman–Crippen MR) is 75.3 cm³/mol. The Kier molecular flexibility index (Phi) is 4.03. The van der Waals surface area contributed by atoms with Gasteiger partial charge in [0.15, 0.2) is 0 Å². The van der Waals surface area contributed by atoms with Crippen LogP contribution >= 0.6 is 0 Å². The minimum atomic E-state index is 0.0740. The van der Waals surface area contributed by atoms with Gasteiger partial charge in [-0.1, -0.05) is 17.7 Å². The number of aryl methyl sites for hydroxylation is 2. The second kappa shape index (κ2) is 5.55. The molecule has 0 N–H and O–H groups in total. The van der Waals surface area contributed by atoms with Crippen LogP contribution in [0.3, 0.4) is 0 Å². The van der Waals surface area contributed by atoms with Gasteiger partial charge >= 0.3 is 0 Å². The zero-order chi connectivity index (χ0) is 14.0. The zero-order valence-electron chi connectivity index (χ0n) is 11.9. The van der Waals surface area contributed by atoms with Crippen LogP contribution in [0.15, 0.2) is 18.2 Å². The standard InChI is InChI=1S/C16H21NO2/c1-11-6-7-12(2)15(9-11)16(19)17-8-4-5-14(17)10-13(3)18/h6-7,9,14H,4-5,8,10H2,1-3H3. The van der Waals surface area contributed by atoms with Crippen molar-refractivity contribution in [3.05, 3.63) is 34.9 Å². The number of hydrogen-bond donors (Lipinski definition) is 0. The Morgan fingerprint density at radius 1 is 1.32 bits per heavy atom. The molecule has 102 valence electrons. The summed E-state index contributed by atoms with van der Waals surface area (Å²) in [4.78, 5) is 25.8. The predicted octanol–water partition coefficient (Wildman–Crippen LogP) is 2.89. The van der Waals surface area contributed by atoms with Gasteiger partial charge in [-0.3, -0.25) is 9.59 Å². The summed E-state index contributed by atoms with van der Waals surface area (Å²) in [6.45, 7) is 6.32. The van der Waals surface area contributed by atoms with Gasteiger partial charge in [0, 0.05) is 24.6 Å². The highest BCUT2D eigenvalue weighted by Gasteiger charge is 2.30. The molecule has 1 aliphatic heterocycles. The van der Waals surface area contributed by atoms with Crippen LogP contribution in [-0.4, -0.2) is 29.2 Å². The molecule has 1 heterocycles. The molecule has 0 spiro atoms. The van der Waals surface area contributed by atoms with Gasteiger partial charge in [0.25, 0.3) is 5.91 Å². The molecule has 1 atom stereocenters. The number of nitrogens with zero attached hydrogens (tertiary/aromatic N) is 1. The molecule has 2 rings (SSSR count). The van der Waals surface area contributed by atoms with E-state index in [1.165, 1.54) is 0 Å². The molecular formula is C16H21NO2. The van der Waals surface area contributed by atoms with Crippen molar-refractivity contribution in [2.45, 2.75) is 46.1 Å². The van der Waals surface area contributed by atoms with E-state index >= 15 is 0 Å². The first-order valence-electron chi connectivity index (χ1n) is 6.86. The van der Waals surface area contributed by atoms with Crippen LogP contribution < -0.4 is 0 Å². The second-order valence-corrected chi connectivity index (χ2v) is 5.52. The maximum atomic E-state index is 12.6. The molecule has 0 aliphatic carbocycles. The SMILES string of the molecule is CC(=O)CC1CCCN1C(=O)c1cc(C)ccc1C. The molecule has 1 aromatic rings. The summed E-state index contributed by atoms with van der Waals surface area (Å²) in [7, 11) is 0. The first-order chi connectivity index (χ1) is 8.99. The maximum absolute atomic E-state index is 12.6. The van der Waals surface area contributed by atoms with E-state index in [0.717, 1.165) is 36.1 Å². The van der Waals surface area contributed by atoms with Crippen molar-refractivity contribution in [2.24, 2.45) is 0 Å². The van der Waals surface area contributed by atoms with Gasteiger partial charge < -0.3 is 4.90 Å². The lowest BCUT2D eigenvalue weighted by atomic mass is 10.0. The monoisotopic (exact) mass is 259 g/mol. The maximum Gasteiger partial charge on any atom is 0.254 e. The third-order valence-corrected chi connectivity index (χ3v) is 3.78. The lowest BCUT2D eigenvalue weighted by Gasteiger charge is -2.25. The second-order valence-electron chi connectivity index (χ2n) is 5.52. The minimum absolute atomic E-state index is 0.0740. The Morgan fingerprint density at radius 3 is 2.74 bits per heavy atom. The van der Waals surface area contributed by atoms with Crippen LogP contribution in [-0.2, 0) is 4.79 Å². The van der Waals surface area contributed by atoms with Gasteiger partial charge in [-0.2, -0.15) is 0 Å². The van der Waals surface area contributed by atoms with Crippen LogP contribution in [0.4, 0.5) is 0 Å². The first-order valence-corrected chi connectivity index (χ1v) is 6.86. The van der Waals surface area contributed by atoms with Crippen molar-refractivity contribution < 1.29 is 9.59 Å². The number of amides is 1. The molecule has 0 saturated carbocycles. The van der Waals surface area contributed by atoms with E-state index in [9.17, 15) is 9.59 Å². The van der Waals surface area contributed by atoms with Crippen molar-refractivity contribution in [3.63, 3.8) is 0 Å². The highest BCUT2D eigenvalue weighted by atomic mass is 16.2. The van der Waals surface area contributed by atoms with Crippen molar-refractivity contribution >= 4 is 11.7 Å². The number of carbonyl (C=O) groups excluding carboxylic acids is 2. The summed E-state index contributed by atoms with van der Waals surface area (Å²) in [5.41, 5.74) is 2.87. The van der Waals surface area contributed by atoms with Gasteiger partial charge in [-0.25, -0.2) is 0 Å². The molecule has 1 saturated heterocycles. The Bertz CT molecular complexity index is 507. The first kappa shape index (κ1) is 13.8. The number of Topliss-reactive ketones (excluding diaryl/α,β-unsaturated/α-hetero) is 1. The topological polar surface area (TPSA) is 37.4 Å². The molecule has 19 heavy (non-hydrogen) atoms. The van der Waals surface area contributed by atoms with E-state index in [2.05, 4.69) is 0 Å². The van der Waals surface area contributed by atoms with E-state index in [1.807, 2.05) is 36.9 Å². The highest BCUT2D eigenvalue weighted by molar-refractivity contribution is 5.96. The van der Waals surface area contributed by atoms with Gasteiger partial charge in [-0.15, -0.1) is 0 Å². The fourth-order valence-corrected chi connectivity index (χ4v) is 2.77. The number of benzene rings is 1. The normalized spacial score (nSPS) is 18.7. The average Bonchev–Trinajstić information content (AvgIpc) is 2.78. The van der Waals surface area contributed by atoms with Crippen LogP contribution in [0.2, 0.25) is 0 Å². The fraction of sp³-hybridized carbons (Fsp3) is 0.500. The van der Waals surface area contributed by atoms with Crippen LogP contribution in [0.5, 0.6) is 0 Å². The Labute approximate surface area is 114 Å². The lowest BCUT2D eigenvalue weighted by Crippen LogP contribution is -2.36. The van der Waals surface area contributed by atoms with Gasteiger partial charge in [0.05, 0.1) is 0 Å². The highest BCUT2D eigenvalue weighted by Crippen LogP contribution is 2.24. The van der Waals surface area contributed by atoms with Gasteiger partial charge in [0.1, 0.15) is 5.78 Å². The van der Waals surface area contributed by atoms with E-state index in [-0.39, 0.29) is 17.7 Å². The Balaban J connectivity index is 2.23. The van der Waals surface area contributed by atoms with E-state index in [4.69, 9.17) is 0 Å². The summed E-state index contributed by atoms with van der Waals surface area (Å²) in [5, 5.41) is 0. The smallest absolute Gasteiger partial charge is 0.254 e. The molecule has 0 radical (unpaired) electrons. The summed E-state index contributed by atoms with van der Waals surface area (Å²) >= 11 is 0. The number of ketones is 1. The molecule has 1 unspecified atom stereocenters. The van der Waals surface area contributed by atoms with E-state index in [1.54, 1.807) is 6.92 Å². The molecule has 1 amide bonds. The van der Waals surface area contributed by atoms with Crippen molar-refractivity contribution in [2.75, 3.05) is 6.54 Å². The fourth-order valence-electron chi connectivity index (χ4n) is 2.77. The number of likely N-dealkylation sites (tertiary alicyclic amines) is 1. The van der Waals surface area contributed by atoms with Crippen molar-refractivity contribution in [1.29, 1.82) is 0 Å². The molecule has 0 bridgehead atoms. The largest absolute Gasteiger partial charge is 0.335 e. The molecule has 0 aromatic heterocycles. The summed E-state index contributed by atoms with van der Waals surface area (Å²) < 4.78 is 0.